The van der Waals surface area contributed by atoms with Gasteiger partial charge in [-0.3, -0.25) is 10.1 Å². The Balaban J connectivity index is 1.82. The zero-order valence-electron chi connectivity index (χ0n) is 15.7. The van der Waals surface area contributed by atoms with Crippen molar-refractivity contribution in [3.63, 3.8) is 0 Å². The number of non-ortho nitro benzene ring substituents is 1. The van der Waals surface area contributed by atoms with Crippen molar-refractivity contribution in [3.05, 3.63) is 75.9 Å². The number of imidazole rings is 1. The summed E-state index contributed by atoms with van der Waals surface area (Å²) in [5, 5.41) is 22.9. The van der Waals surface area contributed by atoms with Crippen LogP contribution in [0.2, 0.25) is 0 Å². The molecule has 4 aromatic rings. The third-order valence-corrected chi connectivity index (χ3v) is 4.54. The van der Waals surface area contributed by atoms with E-state index in [1.54, 1.807) is 29.8 Å². The molecule has 2 heterocycles. The molecular weight excluding hydrogens is 389 g/mol. The second-order valence-electron chi connectivity index (χ2n) is 6.42. The predicted molar refractivity (Wildman–Crippen MR) is 107 cm³/mol. The summed E-state index contributed by atoms with van der Waals surface area (Å²) >= 11 is 0. The number of nitrogens with one attached hydrogen (secondary N) is 1. The van der Waals surface area contributed by atoms with Gasteiger partial charge in [0.25, 0.3) is 5.69 Å². The summed E-state index contributed by atoms with van der Waals surface area (Å²) in [6.07, 6.45) is 1.51. The SMILES string of the molecule is CNc1nc(-c2cccc(C#N)c2)c2ncn(Cc3ccc([N+](=O)[O-])cc3F)c2n1. The van der Waals surface area contributed by atoms with Crippen molar-refractivity contribution in [2.45, 2.75) is 6.54 Å². The molecule has 0 spiro atoms. The van der Waals surface area contributed by atoms with Crippen LogP contribution in [0, 0.1) is 27.3 Å². The lowest BCUT2D eigenvalue weighted by atomic mass is 10.1. The van der Waals surface area contributed by atoms with Crippen molar-refractivity contribution in [1.82, 2.24) is 19.5 Å². The summed E-state index contributed by atoms with van der Waals surface area (Å²) in [5.41, 5.74) is 2.62. The van der Waals surface area contributed by atoms with E-state index in [2.05, 4.69) is 26.3 Å². The molecule has 0 atom stereocenters. The molecule has 10 heteroatoms. The highest BCUT2D eigenvalue weighted by Crippen LogP contribution is 2.28. The fraction of sp³-hybridized carbons (Fsp3) is 0.100. The summed E-state index contributed by atoms with van der Waals surface area (Å²) < 4.78 is 16.0. The number of fused-ring (bicyclic) bond motifs is 1. The van der Waals surface area contributed by atoms with Crippen LogP contribution in [0.1, 0.15) is 11.1 Å². The van der Waals surface area contributed by atoms with Gasteiger partial charge >= 0.3 is 0 Å². The smallest absolute Gasteiger partial charge is 0.272 e. The van der Waals surface area contributed by atoms with E-state index in [0.29, 0.717) is 33.9 Å². The number of hydrogen-bond donors (Lipinski definition) is 1. The van der Waals surface area contributed by atoms with Gasteiger partial charge in [-0.25, -0.2) is 14.4 Å². The second-order valence-corrected chi connectivity index (χ2v) is 6.42. The van der Waals surface area contributed by atoms with Crippen LogP contribution >= 0.6 is 0 Å². The van der Waals surface area contributed by atoms with Crippen LogP contribution in [-0.2, 0) is 6.54 Å². The van der Waals surface area contributed by atoms with E-state index in [1.807, 2.05) is 6.07 Å². The summed E-state index contributed by atoms with van der Waals surface area (Å²) in [7, 11) is 1.67. The molecule has 1 N–H and O–H groups in total. The minimum atomic E-state index is -0.684. The number of nitro benzene ring substituents is 1. The van der Waals surface area contributed by atoms with E-state index in [-0.39, 0.29) is 17.8 Å². The molecule has 0 amide bonds. The Labute approximate surface area is 169 Å². The van der Waals surface area contributed by atoms with Gasteiger partial charge in [-0.2, -0.15) is 10.2 Å². The number of aromatic nitrogens is 4. The van der Waals surface area contributed by atoms with Crippen LogP contribution in [0.25, 0.3) is 22.4 Å². The lowest BCUT2D eigenvalue weighted by molar-refractivity contribution is -0.385. The van der Waals surface area contributed by atoms with E-state index in [4.69, 9.17) is 0 Å². The maximum absolute atomic E-state index is 14.4. The van der Waals surface area contributed by atoms with E-state index in [0.717, 1.165) is 6.07 Å². The number of halogens is 1. The van der Waals surface area contributed by atoms with Crippen LogP contribution in [0.15, 0.2) is 48.8 Å². The molecule has 0 bridgehead atoms. The van der Waals surface area contributed by atoms with Crippen LogP contribution in [0.3, 0.4) is 0 Å². The molecule has 0 aliphatic carbocycles. The Morgan fingerprint density at radius 1 is 1.27 bits per heavy atom. The molecule has 0 unspecified atom stereocenters. The molecule has 0 saturated heterocycles. The number of nitrogens with zero attached hydrogens (tertiary/aromatic N) is 6. The highest BCUT2D eigenvalue weighted by Gasteiger charge is 2.17. The molecule has 4 rings (SSSR count). The first-order chi connectivity index (χ1) is 14.5. The van der Waals surface area contributed by atoms with Crippen LogP contribution in [-0.4, -0.2) is 31.5 Å². The Bertz CT molecular complexity index is 1330. The van der Waals surface area contributed by atoms with Crippen molar-refractivity contribution < 1.29 is 9.31 Å². The number of nitriles is 1. The molecular formula is C20H14FN7O2. The quantitative estimate of drug-likeness (QED) is 0.400. The topological polar surface area (TPSA) is 123 Å². The Morgan fingerprint density at radius 3 is 2.80 bits per heavy atom. The summed E-state index contributed by atoms with van der Waals surface area (Å²) in [6, 6.07) is 12.6. The molecule has 0 radical (unpaired) electrons. The minimum absolute atomic E-state index is 0.0815. The Kier molecular flexibility index (Phi) is 4.77. The lowest BCUT2D eigenvalue weighted by Crippen LogP contribution is -2.05. The third kappa shape index (κ3) is 3.40. The van der Waals surface area contributed by atoms with Gasteiger partial charge in [-0.05, 0) is 18.2 Å². The first-order valence-corrected chi connectivity index (χ1v) is 8.84. The van der Waals surface area contributed by atoms with Crippen molar-refractivity contribution >= 4 is 22.8 Å². The predicted octanol–water partition coefficient (Wildman–Crippen LogP) is 3.50. The minimum Gasteiger partial charge on any atom is -0.357 e. The van der Waals surface area contributed by atoms with Gasteiger partial charge in [-0.1, -0.05) is 12.1 Å². The van der Waals surface area contributed by atoms with Crippen molar-refractivity contribution in [2.24, 2.45) is 0 Å². The summed E-state index contributed by atoms with van der Waals surface area (Å²) in [4.78, 5) is 23.5. The van der Waals surface area contributed by atoms with Crippen LogP contribution < -0.4 is 5.32 Å². The highest BCUT2D eigenvalue weighted by molar-refractivity contribution is 5.88. The van der Waals surface area contributed by atoms with Gasteiger partial charge in [0, 0.05) is 24.2 Å². The third-order valence-electron chi connectivity index (χ3n) is 4.54. The zero-order chi connectivity index (χ0) is 21.3. The lowest BCUT2D eigenvalue weighted by Gasteiger charge is -2.08. The van der Waals surface area contributed by atoms with Crippen molar-refractivity contribution in [3.8, 4) is 17.3 Å². The van der Waals surface area contributed by atoms with Gasteiger partial charge in [0.15, 0.2) is 5.65 Å². The fourth-order valence-electron chi connectivity index (χ4n) is 3.07. The zero-order valence-corrected chi connectivity index (χ0v) is 15.7. The number of benzene rings is 2. The molecule has 0 fully saturated rings. The Hall–Kier alpha value is -4.39. The molecule has 2 aromatic carbocycles. The first-order valence-electron chi connectivity index (χ1n) is 8.84. The standard InChI is InChI=1S/C20H14FN7O2/c1-23-20-25-17(13-4-2-3-12(7-13)9-22)18-19(26-20)27(11-24-18)10-14-5-6-15(28(29)30)8-16(14)21/h2-8,11H,10H2,1H3,(H,23,25,26). The van der Waals surface area contributed by atoms with Gasteiger partial charge < -0.3 is 9.88 Å². The molecule has 0 aliphatic rings. The van der Waals surface area contributed by atoms with Crippen molar-refractivity contribution in [1.29, 1.82) is 5.26 Å². The normalized spacial score (nSPS) is 10.7. The number of rotatable bonds is 5. The van der Waals surface area contributed by atoms with Gasteiger partial charge in [0.1, 0.15) is 17.0 Å². The number of anilines is 1. The summed E-state index contributed by atoms with van der Waals surface area (Å²) in [6.45, 7) is 0.0815. The van der Waals surface area contributed by atoms with Gasteiger partial charge in [0.2, 0.25) is 5.95 Å². The summed E-state index contributed by atoms with van der Waals surface area (Å²) in [5.74, 6) is -0.346. The van der Waals surface area contributed by atoms with E-state index in [1.165, 1.54) is 18.5 Å². The average molecular weight is 403 g/mol. The fourth-order valence-corrected chi connectivity index (χ4v) is 3.07. The van der Waals surface area contributed by atoms with Gasteiger partial charge in [-0.15, -0.1) is 0 Å². The molecule has 30 heavy (non-hydrogen) atoms. The maximum atomic E-state index is 14.4. The first kappa shape index (κ1) is 18.9. The average Bonchev–Trinajstić information content (AvgIpc) is 3.17. The van der Waals surface area contributed by atoms with E-state index >= 15 is 0 Å². The molecule has 0 aliphatic heterocycles. The number of nitro groups is 1. The second kappa shape index (κ2) is 7.56. The molecule has 2 aromatic heterocycles. The van der Waals surface area contributed by atoms with E-state index in [9.17, 15) is 19.8 Å². The van der Waals surface area contributed by atoms with Crippen molar-refractivity contribution in [2.75, 3.05) is 12.4 Å². The molecule has 9 nitrogen and oxygen atoms in total. The molecule has 0 saturated carbocycles. The monoisotopic (exact) mass is 403 g/mol. The van der Waals surface area contributed by atoms with Gasteiger partial charge in [0.05, 0.1) is 35.5 Å². The highest BCUT2D eigenvalue weighted by atomic mass is 19.1. The van der Waals surface area contributed by atoms with Crippen LogP contribution in [0.5, 0.6) is 0 Å². The largest absolute Gasteiger partial charge is 0.357 e. The number of hydrogen-bond acceptors (Lipinski definition) is 7. The van der Waals surface area contributed by atoms with E-state index < -0.39 is 10.7 Å². The Morgan fingerprint density at radius 2 is 2.10 bits per heavy atom. The maximum Gasteiger partial charge on any atom is 0.272 e. The molecule has 148 valence electrons. The van der Waals surface area contributed by atoms with Crippen LogP contribution in [0.4, 0.5) is 16.0 Å².